The molecule has 2 heterocycles. The minimum absolute atomic E-state index is 0.00314. The molecule has 0 saturated heterocycles. The fraction of sp³-hybridized carbons (Fsp3) is 0.318. The molecule has 4 rings (SSSR count). The summed E-state index contributed by atoms with van der Waals surface area (Å²) in [5, 5.41) is 5.14. The van der Waals surface area contributed by atoms with Crippen LogP contribution in [0.25, 0.3) is 0 Å². The number of rotatable bonds is 2. The lowest BCUT2D eigenvalue weighted by Crippen LogP contribution is -2.47. The number of fused-ring (bicyclic) bond motifs is 1. The number of carbonyl (C=O) groups is 1. The van der Waals surface area contributed by atoms with E-state index in [1.54, 1.807) is 4.90 Å². The fourth-order valence-corrected chi connectivity index (χ4v) is 3.83. The lowest BCUT2D eigenvalue weighted by atomic mass is 9.88. The number of anilines is 1. The molecular formula is C22H23ClN4O. The maximum Gasteiger partial charge on any atom is 0.235 e. The molecule has 0 unspecified atom stereocenters. The van der Waals surface area contributed by atoms with Crippen molar-refractivity contribution >= 4 is 23.5 Å². The maximum absolute atomic E-state index is 13.4. The van der Waals surface area contributed by atoms with Crippen molar-refractivity contribution in [2.75, 3.05) is 4.90 Å². The number of aromatic nitrogens is 3. The van der Waals surface area contributed by atoms with E-state index < -0.39 is 5.41 Å². The van der Waals surface area contributed by atoms with Crippen LogP contribution in [0, 0.1) is 5.41 Å². The minimum Gasteiger partial charge on any atom is -0.274 e. The van der Waals surface area contributed by atoms with Crippen molar-refractivity contribution in [3.63, 3.8) is 0 Å². The van der Waals surface area contributed by atoms with Crippen molar-refractivity contribution < 1.29 is 4.79 Å². The summed E-state index contributed by atoms with van der Waals surface area (Å²) in [5.41, 5.74) is 1.65. The van der Waals surface area contributed by atoms with Gasteiger partial charge in [0.25, 0.3) is 0 Å². The van der Waals surface area contributed by atoms with Crippen LogP contribution in [-0.4, -0.2) is 20.7 Å². The Morgan fingerprint density at radius 2 is 1.64 bits per heavy atom. The van der Waals surface area contributed by atoms with Crippen molar-refractivity contribution in [1.29, 1.82) is 0 Å². The first-order valence-corrected chi connectivity index (χ1v) is 9.77. The summed E-state index contributed by atoms with van der Waals surface area (Å²) in [6, 6.07) is 17.8. The molecule has 0 aliphatic carbocycles. The number of hydrogen-bond donors (Lipinski definition) is 0. The first-order chi connectivity index (χ1) is 13.4. The number of halogens is 1. The molecule has 1 aliphatic heterocycles. The predicted molar refractivity (Wildman–Crippen MR) is 110 cm³/mol. The van der Waals surface area contributed by atoms with Crippen LogP contribution in [0.15, 0.2) is 60.9 Å². The van der Waals surface area contributed by atoms with Crippen molar-refractivity contribution in [1.82, 2.24) is 14.8 Å². The largest absolute Gasteiger partial charge is 0.274 e. The highest BCUT2D eigenvalue weighted by atomic mass is 35.5. The van der Waals surface area contributed by atoms with E-state index >= 15 is 0 Å². The van der Waals surface area contributed by atoms with Gasteiger partial charge in [0.2, 0.25) is 11.9 Å². The highest BCUT2D eigenvalue weighted by molar-refractivity contribution is 6.30. The molecule has 2 atom stereocenters. The van der Waals surface area contributed by atoms with Crippen LogP contribution in [0.1, 0.15) is 50.4 Å². The molecule has 5 nitrogen and oxygen atoms in total. The Bertz CT molecular complexity index is 976. The van der Waals surface area contributed by atoms with E-state index in [2.05, 4.69) is 22.2 Å². The summed E-state index contributed by atoms with van der Waals surface area (Å²) in [5.74, 6) is 0.605. The van der Waals surface area contributed by atoms with Gasteiger partial charge in [-0.1, -0.05) is 74.8 Å². The Morgan fingerprint density at radius 1 is 1.00 bits per heavy atom. The maximum atomic E-state index is 13.4. The van der Waals surface area contributed by atoms with Crippen molar-refractivity contribution in [3.05, 3.63) is 77.1 Å². The van der Waals surface area contributed by atoms with E-state index in [4.69, 9.17) is 11.6 Å². The van der Waals surface area contributed by atoms with Gasteiger partial charge in [-0.3, -0.25) is 9.69 Å². The molecule has 6 heteroatoms. The number of nitrogens with zero attached hydrogens (tertiary/aromatic N) is 4. The van der Waals surface area contributed by atoms with Gasteiger partial charge >= 0.3 is 0 Å². The molecule has 28 heavy (non-hydrogen) atoms. The molecule has 0 N–H and O–H groups in total. The van der Waals surface area contributed by atoms with Gasteiger partial charge in [-0.15, -0.1) is 0 Å². The first-order valence-electron chi connectivity index (χ1n) is 9.40. The summed E-state index contributed by atoms with van der Waals surface area (Å²) in [7, 11) is 0. The molecule has 0 bridgehead atoms. The molecule has 1 aliphatic rings. The van der Waals surface area contributed by atoms with E-state index in [0.717, 1.165) is 11.1 Å². The highest BCUT2D eigenvalue weighted by Crippen LogP contribution is 2.43. The lowest BCUT2D eigenvalue weighted by molar-refractivity contribution is -0.126. The summed E-state index contributed by atoms with van der Waals surface area (Å²) < 4.78 is 1.87. The van der Waals surface area contributed by atoms with Crippen molar-refractivity contribution in [3.8, 4) is 0 Å². The second kappa shape index (κ2) is 7.06. The summed E-state index contributed by atoms with van der Waals surface area (Å²) in [4.78, 5) is 19.7. The second-order valence-electron chi connectivity index (χ2n) is 8.16. The third-order valence-corrected chi connectivity index (χ3v) is 5.37. The number of benzene rings is 2. The molecule has 0 spiro atoms. The van der Waals surface area contributed by atoms with Crippen LogP contribution in [-0.2, 0) is 4.79 Å². The monoisotopic (exact) mass is 394 g/mol. The molecule has 0 fully saturated rings. The van der Waals surface area contributed by atoms with Gasteiger partial charge in [-0.25, -0.2) is 4.68 Å². The van der Waals surface area contributed by atoms with Crippen LogP contribution in [0.5, 0.6) is 0 Å². The number of carbonyl (C=O) groups excluding carboxylic acids is 1. The van der Waals surface area contributed by atoms with Gasteiger partial charge in [0.05, 0.1) is 12.1 Å². The van der Waals surface area contributed by atoms with Crippen LogP contribution < -0.4 is 4.90 Å². The van der Waals surface area contributed by atoms with Crippen LogP contribution in [0.2, 0.25) is 5.02 Å². The van der Waals surface area contributed by atoms with E-state index in [0.29, 0.717) is 17.4 Å². The average molecular weight is 395 g/mol. The third kappa shape index (κ3) is 3.31. The summed E-state index contributed by atoms with van der Waals surface area (Å²) in [6.07, 6.45) is 2.24. The molecule has 3 aromatic rings. The zero-order chi connectivity index (χ0) is 19.9. The van der Waals surface area contributed by atoms with Crippen LogP contribution in [0.4, 0.5) is 5.95 Å². The Labute approximate surface area is 170 Å². The van der Waals surface area contributed by atoms with Gasteiger partial charge in [-0.2, -0.15) is 10.1 Å². The van der Waals surface area contributed by atoms with E-state index in [1.807, 2.05) is 67.9 Å². The predicted octanol–water partition coefficient (Wildman–Crippen LogP) is 5.05. The topological polar surface area (TPSA) is 51.0 Å². The van der Waals surface area contributed by atoms with E-state index in [-0.39, 0.29) is 18.0 Å². The van der Waals surface area contributed by atoms with Gasteiger partial charge in [0.1, 0.15) is 6.33 Å². The van der Waals surface area contributed by atoms with Crippen molar-refractivity contribution in [2.45, 2.75) is 39.3 Å². The van der Waals surface area contributed by atoms with E-state index in [9.17, 15) is 4.79 Å². The smallest absolute Gasteiger partial charge is 0.235 e. The number of amides is 1. The number of hydrogen-bond acceptors (Lipinski definition) is 3. The zero-order valence-electron chi connectivity index (χ0n) is 16.2. The Balaban J connectivity index is 1.86. The Kier molecular flexibility index (Phi) is 4.71. The summed E-state index contributed by atoms with van der Waals surface area (Å²) >= 11 is 6.10. The molecule has 144 valence electrons. The molecule has 0 saturated carbocycles. The van der Waals surface area contributed by atoms with Crippen LogP contribution >= 0.6 is 11.6 Å². The summed E-state index contributed by atoms with van der Waals surface area (Å²) in [6.45, 7) is 5.79. The van der Waals surface area contributed by atoms with Crippen molar-refractivity contribution in [2.24, 2.45) is 5.41 Å². The zero-order valence-corrected chi connectivity index (χ0v) is 17.0. The normalized spacial score (nSPS) is 19.4. The first kappa shape index (κ1) is 18.7. The lowest BCUT2D eigenvalue weighted by Gasteiger charge is -2.41. The Morgan fingerprint density at radius 3 is 2.29 bits per heavy atom. The quantitative estimate of drug-likeness (QED) is 0.611. The van der Waals surface area contributed by atoms with Crippen LogP contribution in [0.3, 0.4) is 0 Å². The minimum atomic E-state index is -0.541. The van der Waals surface area contributed by atoms with Gasteiger partial charge in [0.15, 0.2) is 0 Å². The molecule has 1 amide bonds. The van der Waals surface area contributed by atoms with Gasteiger partial charge in [0, 0.05) is 10.4 Å². The molecule has 1 aromatic heterocycles. The molecule has 2 aromatic carbocycles. The Hall–Kier alpha value is -2.66. The fourth-order valence-electron chi connectivity index (χ4n) is 3.71. The third-order valence-electron chi connectivity index (χ3n) is 5.12. The van der Waals surface area contributed by atoms with Gasteiger partial charge < -0.3 is 0 Å². The molecular weight excluding hydrogens is 372 g/mol. The standard InChI is InChI=1S/C22H23ClN4O/c1-22(2,3)20(28)26-18(16-9-11-17(23)12-10-16)13-19(15-7-5-4-6-8-15)27-21(26)24-14-25-27/h4-12,14,18-19H,13H2,1-3H3/t18-,19+/m0/s1. The second-order valence-corrected chi connectivity index (χ2v) is 8.60. The molecule has 0 radical (unpaired) electrons. The SMILES string of the molecule is CC(C)(C)C(=O)N1c2ncnn2[C@@H](c2ccccc2)C[C@H]1c1ccc(Cl)cc1. The average Bonchev–Trinajstić information content (AvgIpc) is 3.16. The van der Waals surface area contributed by atoms with Gasteiger partial charge in [-0.05, 0) is 29.7 Å². The van der Waals surface area contributed by atoms with E-state index in [1.165, 1.54) is 6.33 Å². The highest BCUT2D eigenvalue weighted by Gasteiger charge is 2.42.